The highest BCUT2D eigenvalue weighted by Crippen LogP contribution is 2.17. The lowest BCUT2D eigenvalue weighted by Gasteiger charge is -2.35. The normalized spacial score (nSPS) is 24.5. The topological polar surface area (TPSA) is 39.7 Å². The molecule has 0 aromatic heterocycles. The van der Waals surface area contributed by atoms with E-state index < -0.39 is 0 Å². The van der Waals surface area contributed by atoms with Crippen LogP contribution in [0.5, 0.6) is 0 Å². The third-order valence-corrected chi connectivity index (χ3v) is 3.26. The number of ether oxygens (including phenoxy) is 3. The molecular formula is C13H27NO3. The molecule has 4 heteroatoms. The molecule has 17 heavy (non-hydrogen) atoms. The molecule has 0 spiro atoms. The summed E-state index contributed by atoms with van der Waals surface area (Å²) in [6.45, 7) is 8.42. The summed E-state index contributed by atoms with van der Waals surface area (Å²) in [4.78, 5) is 0. The lowest BCUT2D eigenvalue weighted by Crippen LogP contribution is -2.50. The van der Waals surface area contributed by atoms with Gasteiger partial charge in [0.15, 0.2) is 0 Å². The van der Waals surface area contributed by atoms with Crippen molar-refractivity contribution in [2.75, 3.05) is 40.1 Å². The predicted octanol–water partition coefficient (Wildman–Crippen LogP) is 1.44. The van der Waals surface area contributed by atoms with Crippen LogP contribution in [0.3, 0.4) is 0 Å². The van der Waals surface area contributed by atoms with Crippen molar-refractivity contribution in [1.82, 2.24) is 5.32 Å². The van der Waals surface area contributed by atoms with Crippen LogP contribution in [0.4, 0.5) is 0 Å². The van der Waals surface area contributed by atoms with Crippen LogP contribution in [0, 0.1) is 5.92 Å². The van der Waals surface area contributed by atoms with Gasteiger partial charge in [-0.1, -0.05) is 13.8 Å². The van der Waals surface area contributed by atoms with Gasteiger partial charge in [-0.2, -0.15) is 0 Å². The summed E-state index contributed by atoms with van der Waals surface area (Å²) >= 11 is 0. The second kappa shape index (κ2) is 8.86. The van der Waals surface area contributed by atoms with Gasteiger partial charge in [-0.05, 0) is 25.3 Å². The third-order valence-electron chi connectivity index (χ3n) is 3.26. The fourth-order valence-electron chi connectivity index (χ4n) is 2.21. The molecule has 4 nitrogen and oxygen atoms in total. The Morgan fingerprint density at radius 2 is 2.24 bits per heavy atom. The van der Waals surface area contributed by atoms with Crippen LogP contribution in [-0.4, -0.2) is 52.2 Å². The molecule has 1 saturated heterocycles. The maximum atomic E-state index is 5.81. The van der Waals surface area contributed by atoms with E-state index in [9.17, 15) is 0 Å². The zero-order valence-corrected chi connectivity index (χ0v) is 11.4. The van der Waals surface area contributed by atoms with Crippen molar-refractivity contribution in [3.05, 3.63) is 0 Å². The van der Waals surface area contributed by atoms with Crippen molar-refractivity contribution in [1.29, 1.82) is 0 Å². The van der Waals surface area contributed by atoms with Crippen molar-refractivity contribution in [2.24, 2.45) is 5.92 Å². The molecule has 1 fully saturated rings. The Morgan fingerprint density at radius 1 is 1.41 bits per heavy atom. The molecular weight excluding hydrogens is 218 g/mol. The zero-order chi connectivity index (χ0) is 12.5. The second-order valence-corrected chi connectivity index (χ2v) is 4.72. The van der Waals surface area contributed by atoms with Crippen LogP contribution >= 0.6 is 0 Å². The van der Waals surface area contributed by atoms with Gasteiger partial charge >= 0.3 is 0 Å². The minimum absolute atomic E-state index is 0.183. The molecule has 1 rings (SSSR count). The number of nitrogens with one attached hydrogen (secondary N) is 1. The van der Waals surface area contributed by atoms with Crippen LogP contribution in [0.2, 0.25) is 0 Å². The fraction of sp³-hybridized carbons (Fsp3) is 1.00. The van der Waals surface area contributed by atoms with Crippen LogP contribution in [0.25, 0.3) is 0 Å². The highest BCUT2D eigenvalue weighted by atomic mass is 16.6. The van der Waals surface area contributed by atoms with Crippen LogP contribution in [0.15, 0.2) is 0 Å². The summed E-state index contributed by atoms with van der Waals surface area (Å²) < 4.78 is 16.5. The Balaban J connectivity index is 2.44. The Kier molecular flexibility index (Phi) is 7.77. The molecule has 0 saturated carbocycles. The van der Waals surface area contributed by atoms with Crippen molar-refractivity contribution in [2.45, 2.75) is 38.8 Å². The van der Waals surface area contributed by atoms with E-state index >= 15 is 0 Å². The number of methoxy groups -OCH3 is 1. The Morgan fingerprint density at radius 3 is 2.82 bits per heavy atom. The molecule has 1 aliphatic rings. The Labute approximate surface area is 105 Å². The predicted molar refractivity (Wildman–Crippen MR) is 68.3 cm³/mol. The van der Waals surface area contributed by atoms with Gasteiger partial charge in [-0.3, -0.25) is 0 Å². The first-order valence-electron chi connectivity index (χ1n) is 6.71. The SMILES string of the molecule is CCCNC(C(C)CCOC)C1COCCO1. The van der Waals surface area contributed by atoms with Crippen molar-refractivity contribution < 1.29 is 14.2 Å². The molecule has 0 aromatic rings. The summed E-state index contributed by atoms with van der Waals surface area (Å²) in [6.07, 6.45) is 2.38. The molecule has 0 bridgehead atoms. The summed E-state index contributed by atoms with van der Waals surface area (Å²) in [5, 5.41) is 3.59. The standard InChI is InChI=1S/C13H27NO3/c1-4-6-14-13(11(2)5-7-15-3)12-10-16-8-9-17-12/h11-14H,4-10H2,1-3H3. The monoisotopic (exact) mass is 245 g/mol. The number of rotatable bonds is 8. The summed E-state index contributed by atoms with van der Waals surface area (Å²) in [6, 6.07) is 0.366. The third kappa shape index (κ3) is 5.34. The van der Waals surface area contributed by atoms with E-state index in [0.717, 1.165) is 32.6 Å². The summed E-state index contributed by atoms with van der Waals surface area (Å²) in [5.41, 5.74) is 0. The van der Waals surface area contributed by atoms with Gasteiger partial charge in [-0.15, -0.1) is 0 Å². The van der Waals surface area contributed by atoms with E-state index in [1.165, 1.54) is 0 Å². The molecule has 102 valence electrons. The van der Waals surface area contributed by atoms with E-state index in [1.54, 1.807) is 7.11 Å². The smallest absolute Gasteiger partial charge is 0.0964 e. The Hall–Kier alpha value is -0.160. The molecule has 1 aliphatic heterocycles. The lowest BCUT2D eigenvalue weighted by atomic mass is 9.93. The van der Waals surface area contributed by atoms with Crippen molar-refractivity contribution in [3.8, 4) is 0 Å². The summed E-state index contributed by atoms with van der Waals surface area (Å²) in [7, 11) is 1.75. The summed E-state index contributed by atoms with van der Waals surface area (Å²) in [5.74, 6) is 0.535. The van der Waals surface area contributed by atoms with Gasteiger partial charge in [0.25, 0.3) is 0 Å². The zero-order valence-electron chi connectivity index (χ0n) is 11.4. The molecule has 1 heterocycles. The van der Waals surface area contributed by atoms with Gasteiger partial charge in [0, 0.05) is 19.8 Å². The van der Waals surface area contributed by atoms with Crippen LogP contribution in [-0.2, 0) is 14.2 Å². The van der Waals surface area contributed by atoms with E-state index in [2.05, 4.69) is 19.2 Å². The minimum Gasteiger partial charge on any atom is -0.385 e. The van der Waals surface area contributed by atoms with Crippen molar-refractivity contribution >= 4 is 0 Å². The highest BCUT2D eigenvalue weighted by Gasteiger charge is 2.28. The molecule has 0 aromatic carbocycles. The first-order valence-corrected chi connectivity index (χ1v) is 6.71. The van der Waals surface area contributed by atoms with Crippen LogP contribution in [0.1, 0.15) is 26.7 Å². The number of hydrogen-bond acceptors (Lipinski definition) is 4. The average molecular weight is 245 g/mol. The van der Waals surface area contributed by atoms with Gasteiger partial charge < -0.3 is 19.5 Å². The average Bonchev–Trinajstić information content (AvgIpc) is 2.38. The molecule has 3 atom stereocenters. The first-order chi connectivity index (χ1) is 8.29. The van der Waals surface area contributed by atoms with E-state index in [1.807, 2.05) is 0 Å². The molecule has 0 amide bonds. The maximum absolute atomic E-state index is 5.81. The largest absolute Gasteiger partial charge is 0.385 e. The Bertz CT molecular complexity index is 184. The second-order valence-electron chi connectivity index (χ2n) is 4.72. The quantitative estimate of drug-likeness (QED) is 0.702. The molecule has 0 aliphatic carbocycles. The first kappa shape index (κ1) is 14.9. The van der Waals surface area contributed by atoms with Crippen molar-refractivity contribution in [3.63, 3.8) is 0 Å². The molecule has 0 radical (unpaired) electrons. The highest BCUT2D eigenvalue weighted by molar-refractivity contribution is 4.83. The minimum atomic E-state index is 0.183. The molecule has 1 N–H and O–H groups in total. The van der Waals surface area contributed by atoms with E-state index in [0.29, 0.717) is 25.2 Å². The van der Waals surface area contributed by atoms with Gasteiger partial charge in [0.2, 0.25) is 0 Å². The van der Waals surface area contributed by atoms with Gasteiger partial charge in [-0.25, -0.2) is 0 Å². The van der Waals surface area contributed by atoms with E-state index in [4.69, 9.17) is 14.2 Å². The fourth-order valence-corrected chi connectivity index (χ4v) is 2.21. The lowest BCUT2D eigenvalue weighted by molar-refractivity contribution is -0.108. The van der Waals surface area contributed by atoms with Gasteiger partial charge in [0.05, 0.1) is 25.9 Å². The molecule has 3 unspecified atom stereocenters. The maximum Gasteiger partial charge on any atom is 0.0964 e. The van der Waals surface area contributed by atoms with E-state index in [-0.39, 0.29) is 6.10 Å². The van der Waals surface area contributed by atoms with Gasteiger partial charge in [0.1, 0.15) is 0 Å². The van der Waals surface area contributed by atoms with Crippen LogP contribution < -0.4 is 5.32 Å². The number of hydrogen-bond donors (Lipinski definition) is 1.